The molecule has 2 aliphatic rings. The minimum atomic E-state index is -0.336. The molecule has 13 heavy (non-hydrogen) atoms. The lowest BCUT2D eigenvalue weighted by Crippen LogP contribution is -2.05. The van der Waals surface area contributed by atoms with Crippen molar-refractivity contribution >= 4 is 7.26 Å². The molecule has 0 aromatic heterocycles. The van der Waals surface area contributed by atoms with Crippen LogP contribution in [0.1, 0.15) is 39.5 Å². The molecule has 2 fully saturated rings. The number of hydrogen-bond donors (Lipinski definition) is 0. The van der Waals surface area contributed by atoms with Crippen molar-refractivity contribution in [3.05, 3.63) is 0 Å². The molecular formula is C12H24P+. The quantitative estimate of drug-likeness (QED) is 0.605. The van der Waals surface area contributed by atoms with E-state index in [1.807, 2.05) is 0 Å². The van der Waals surface area contributed by atoms with Gasteiger partial charge >= 0.3 is 0 Å². The first-order valence-electron chi connectivity index (χ1n) is 5.96. The number of hydrogen-bond acceptors (Lipinski definition) is 0. The third kappa shape index (κ3) is 2.09. The molecule has 0 aromatic carbocycles. The maximum absolute atomic E-state index is 2.59. The van der Waals surface area contributed by atoms with Gasteiger partial charge in [0.15, 0.2) is 0 Å². The molecule has 4 atom stereocenters. The molecule has 4 unspecified atom stereocenters. The average molecular weight is 199 g/mol. The van der Waals surface area contributed by atoms with Gasteiger partial charge in [0.1, 0.15) is 5.66 Å². The lowest BCUT2D eigenvalue weighted by atomic mass is 9.96. The van der Waals surface area contributed by atoms with E-state index in [-0.39, 0.29) is 7.26 Å². The largest absolute Gasteiger partial charge is 0.100 e. The highest BCUT2D eigenvalue weighted by Gasteiger charge is 2.55. The van der Waals surface area contributed by atoms with E-state index in [1.165, 1.54) is 19.3 Å². The van der Waals surface area contributed by atoms with Crippen LogP contribution in [0.4, 0.5) is 0 Å². The smallest absolute Gasteiger partial charge is 0.0622 e. The van der Waals surface area contributed by atoms with Gasteiger partial charge < -0.3 is 0 Å². The van der Waals surface area contributed by atoms with Crippen molar-refractivity contribution in [2.45, 2.75) is 45.2 Å². The SMILES string of the molecule is CC1CCCC1CC[P+]1(C)CC1C. The van der Waals surface area contributed by atoms with Crippen LogP contribution in [0, 0.1) is 11.8 Å². The van der Waals surface area contributed by atoms with Crippen LogP contribution in [0.15, 0.2) is 0 Å². The lowest BCUT2D eigenvalue weighted by molar-refractivity contribution is 0.409. The number of rotatable bonds is 3. The summed E-state index contributed by atoms with van der Waals surface area (Å²) in [6, 6.07) is 0. The van der Waals surface area contributed by atoms with Gasteiger partial charge in [-0.3, -0.25) is 0 Å². The summed E-state index contributed by atoms with van der Waals surface area (Å²) in [5, 5.41) is 0. The molecule has 1 heterocycles. The first kappa shape index (κ1) is 9.97. The molecule has 0 radical (unpaired) electrons. The molecule has 1 aliphatic carbocycles. The molecule has 0 spiro atoms. The molecule has 0 N–H and O–H groups in total. The summed E-state index contributed by atoms with van der Waals surface area (Å²) >= 11 is 0. The van der Waals surface area contributed by atoms with Crippen molar-refractivity contribution in [2.24, 2.45) is 11.8 Å². The Kier molecular flexibility index (Phi) is 2.71. The van der Waals surface area contributed by atoms with Gasteiger partial charge in [-0.2, -0.15) is 0 Å². The van der Waals surface area contributed by atoms with Gasteiger partial charge in [-0.15, -0.1) is 0 Å². The van der Waals surface area contributed by atoms with Gasteiger partial charge in [-0.05, 0) is 25.2 Å². The van der Waals surface area contributed by atoms with Crippen LogP contribution in [0.5, 0.6) is 0 Å². The normalized spacial score (nSPS) is 49.6. The molecule has 1 heteroatoms. The van der Waals surface area contributed by atoms with Gasteiger partial charge in [0.2, 0.25) is 0 Å². The molecule has 2 rings (SSSR count). The Hall–Kier alpha value is 0.430. The summed E-state index contributed by atoms with van der Waals surface area (Å²) in [5.74, 6) is 2.14. The van der Waals surface area contributed by atoms with E-state index >= 15 is 0 Å². The van der Waals surface area contributed by atoms with Gasteiger partial charge in [0.05, 0.1) is 12.3 Å². The molecule has 1 saturated heterocycles. The average Bonchev–Trinajstić information content (AvgIpc) is 2.50. The Morgan fingerprint density at radius 2 is 1.92 bits per heavy atom. The van der Waals surface area contributed by atoms with E-state index in [1.54, 1.807) is 18.7 Å². The van der Waals surface area contributed by atoms with E-state index in [9.17, 15) is 0 Å². The fourth-order valence-corrected chi connectivity index (χ4v) is 6.47. The van der Waals surface area contributed by atoms with E-state index in [0.29, 0.717) is 0 Å². The second kappa shape index (κ2) is 3.54. The summed E-state index contributed by atoms with van der Waals surface area (Å²) in [5.41, 5.74) is 1.13. The molecule has 1 saturated carbocycles. The topological polar surface area (TPSA) is 0 Å². The minimum Gasteiger partial charge on any atom is -0.0622 e. The molecule has 76 valence electrons. The molecular weight excluding hydrogens is 175 g/mol. The first-order chi connectivity index (χ1) is 6.12. The monoisotopic (exact) mass is 199 g/mol. The van der Waals surface area contributed by atoms with Crippen molar-refractivity contribution in [1.82, 2.24) is 0 Å². The summed E-state index contributed by atoms with van der Waals surface area (Å²) in [6.45, 7) is 7.53. The highest BCUT2D eigenvalue weighted by Crippen LogP contribution is 2.75. The van der Waals surface area contributed by atoms with Gasteiger partial charge in [0, 0.05) is 13.9 Å². The summed E-state index contributed by atoms with van der Waals surface area (Å²) < 4.78 is 0. The predicted octanol–water partition coefficient (Wildman–Crippen LogP) is 3.86. The van der Waals surface area contributed by atoms with Crippen molar-refractivity contribution in [3.8, 4) is 0 Å². The predicted molar refractivity (Wildman–Crippen MR) is 63.2 cm³/mol. The Labute approximate surface area is 83.8 Å². The van der Waals surface area contributed by atoms with Crippen LogP contribution in [-0.4, -0.2) is 24.6 Å². The zero-order chi connectivity index (χ0) is 9.47. The Balaban J connectivity index is 1.73. The van der Waals surface area contributed by atoms with Crippen LogP contribution in [0.3, 0.4) is 0 Å². The zero-order valence-corrected chi connectivity index (χ0v) is 10.3. The molecule has 0 amide bonds. The highest BCUT2D eigenvalue weighted by molar-refractivity contribution is 7.82. The summed E-state index contributed by atoms with van der Waals surface area (Å²) in [6.07, 6.45) is 9.34. The third-order valence-corrected chi connectivity index (χ3v) is 9.17. The van der Waals surface area contributed by atoms with Gasteiger partial charge in [-0.25, -0.2) is 0 Å². The standard InChI is InChI=1S/C12H24P/c1-10-5-4-6-12(10)7-8-13(3)9-11(13)2/h10-12H,4-9H2,1-3H3/q+1. The van der Waals surface area contributed by atoms with Crippen molar-refractivity contribution in [3.63, 3.8) is 0 Å². The van der Waals surface area contributed by atoms with Crippen LogP contribution >= 0.6 is 7.26 Å². The second-order valence-electron chi connectivity index (χ2n) is 5.69. The molecule has 1 aliphatic heterocycles. The maximum atomic E-state index is 2.59. The molecule has 0 bridgehead atoms. The third-order valence-electron chi connectivity index (χ3n) is 4.66. The van der Waals surface area contributed by atoms with Crippen LogP contribution < -0.4 is 0 Å². The Bertz CT molecular complexity index is 190. The Morgan fingerprint density at radius 3 is 2.38 bits per heavy atom. The Morgan fingerprint density at radius 1 is 1.23 bits per heavy atom. The first-order valence-corrected chi connectivity index (χ1v) is 8.63. The summed E-state index contributed by atoms with van der Waals surface area (Å²) in [4.78, 5) is 0. The van der Waals surface area contributed by atoms with E-state index < -0.39 is 0 Å². The fourth-order valence-electron chi connectivity index (χ4n) is 2.98. The van der Waals surface area contributed by atoms with E-state index in [0.717, 1.165) is 17.5 Å². The van der Waals surface area contributed by atoms with Crippen LogP contribution in [-0.2, 0) is 0 Å². The second-order valence-corrected chi connectivity index (χ2v) is 10.3. The molecule has 0 aromatic rings. The van der Waals surface area contributed by atoms with Crippen molar-refractivity contribution in [2.75, 3.05) is 19.0 Å². The van der Waals surface area contributed by atoms with Crippen LogP contribution in [0.2, 0.25) is 0 Å². The van der Waals surface area contributed by atoms with Crippen LogP contribution in [0.25, 0.3) is 0 Å². The minimum absolute atomic E-state index is 0.336. The fraction of sp³-hybridized carbons (Fsp3) is 1.00. The maximum Gasteiger partial charge on any atom is 0.100 e. The van der Waals surface area contributed by atoms with E-state index in [2.05, 4.69) is 20.5 Å². The van der Waals surface area contributed by atoms with E-state index in [4.69, 9.17) is 0 Å². The van der Waals surface area contributed by atoms with Crippen molar-refractivity contribution in [1.29, 1.82) is 0 Å². The van der Waals surface area contributed by atoms with Crippen molar-refractivity contribution < 1.29 is 0 Å². The highest BCUT2D eigenvalue weighted by atomic mass is 31.2. The zero-order valence-electron chi connectivity index (χ0n) is 9.42. The summed E-state index contributed by atoms with van der Waals surface area (Å²) in [7, 11) is -0.336. The lowest BCUT2D eigenvalue weighted by Gasteiger charge is -2.14. The van der Waals surface area contributed by atoms with Gasteiger partial charge in [-0.1, -0.05) is 26.2 Å². The molecule has 0 nitrogen and oxygen atoms in total. The van der Waals surface area contributed by atoms with Gasteiger partial charge in [0.25, 0.3) is 0 Å².